The molecule has 0 aliphatic rings. The van der Waals surface area contributed by atoms with Crippen LogP contribution in [0.5, 0.6) is 0 Å². The monoisotopic (exact) mass is 238 g/mol. The summed E-state index contributed by atoms with van der Waals surface area (Å²) in [5.74, 6) is 0. The zero-order chi connectivity index (χ0) is 12.3. The highest BCUT2D eigenvalue weighted by atomic mass is 19.4. The highest BCUT2D eigenvalue weighted by Gasteiger charge is 2.55. The summed E-state index contributed by atoms with van der Waals surface area (Å²) in [6, 6.07) is -2.71. The molecule has 0 saturated heterocycles. The number of rotatable bonds is 3. The number of hydrogen-bond donors (Lipinski definition) is 0. The van der Waals surface area contributed by atoms with Crippen LogP contribution < -0.4 is 0 Å². The lowest BCUT2D eigenvalue weighted by Crippen LogP contribution is -2.28. The molecule has 0 heterocycles. The molecule has 0 unspecified atom stereocenters. The molecule has 0 atom stereocenters. The molecule has 0 spiro atoms. The Bertz CT molecular complexity index is 243. The van der Waals surface area contributed by atoms with E-state index in [1.54, 1.807) is 0 Å². The minimum atomic E-state index is -5.86. The van der Waals surface area contributed by atoms with Crippen LogP contribution in [0.25, 0.3) is 0 Å². The van der Waals surface area contributed by atoms with Crippen LogP contribution in [0.3, 0.4) is 0 Å². The van der Waals surface area contributed by atoms with E-state index in [0.717, 1.165) is 6.08 Å². The molecule has 1 nitrogen and oxygen atoms in total. The van der Waals surface area contributed by atoms with Gasteiger partial charge in [0.05, 0.1) is 0 Å². The van der Waals surface area contributed by atoms with Gasteiger partial charge in [-0.05, 0) is 0 Å². The third kappa shape index (κ3) is 4.22. The van der Waals surface area contributed by atoms with E-state index < -0.39 is 30.5 Å². The fourth-order valence-electron chi connectivity index (χ4n) is 0.588. The van der Waals surface area contributed by atoms with Crippen LogP contribution in [0.1, 0.15) is 0 Å². The van der Waals surface area contributed by atoms with Gasteiger partial charge >= 0.3 is 12.4 Å². The first kappa shape index (κ1) is 13.8. The van der Waals surface area contributed by atoms with Gasteiger partial charge in [0.15, 0.2) is 0 Å². The van der Waals surface area contributed by atoms with E-state index in [2.05, 4.69) is 11.3 Å². The summed E-state index contributed by atoms with van der Waals surface area (Å²) in [6.07, 6.45) is -10.9. The Balaban J connectivity index is 5.18. The Morgan fingerprint density at radius 1 is 1.07 bits per heavy atom. The van der Waals surface area contributed by atoms with Crippen LogP contribution in [0.4, 0.5) is 30.7 Å². The largest absolute Gasteiger partial charge is 0.466 e. The second kappa shape index (κ2) is 4.54. The van der Waals surface area contributed by atoms with Crippen molar-refractivity contribution < 1.29 is 35.5 Å². The van der Waals surface area contributed by atoms with E-state index in [-0.39, 0.29) is 0 Å². The second-order valence-corrected chi connectivity index (χ2v) is 2.24. The Hall–Kier alpha value is -1.21. The highest BCUT2D eigenvalue weighted by Crippen LogP contribution is 2.41. The summed E-state index contributed by atoms with van der Waals surface area (Å²) in [6.45, 7) is 2.15. The topological polar surface area (TPSA) is 9.23 Å². The van der Waals surface area contributed by atoms with Gasteiger partial charge in [0, 0.05) is 0 Å². The molecule has 0 aromatic carbocycles. The number of halogens is 7. The number of alkyl halides is 6. The van der Waals surface area contributed by atoms with Gasteiger partial charge in [-0.15, -0.1) is 0 Å². The van der Waals surface area contributed by atoms with Crippen molar-refractivity contribution >= 4 is 0 Å². The normalized spacial score (nSPS) is 12.2. The van der Waals surface area contributed by atoms with Crippen molar-refractivity contribution in [1.82, 2.24) is 0 Å². The Kier molecular flexibility index (Phi) is 4.17. The molecule has 0 aliphatic carbocycles. The minimum Gasteiger partial charge on any atom is -0.466 e. The highest BCUT2D eigenvalue weighted by molar-refractivity contribution is 5.16. The zero-order valence-corrected chi connectivity index (χ0v) is 7.05. The molecule has 0 N–H and O–H groups in total. The standard InChI is InChI=1S/C7H5F7O/c1-2-3-15-5(8)4(6(9,10)11)7(12,13)14/h2H,1,3H2. The third-order valence-electron chi connectivity index (χ3n) is 1.09. The SMILES string of the molecule is C=CCOC(F)=C(C(F)(F)F)C(F)(F)F. The summed E-state index contributed by atoms with van der Waals surface area (Å²) in [7, 11) is 0. The fourth-order valence-corrected chi connectivity index (χ4v) is 0.588. The van der Waals surface area contributed by atoms with Gasteiger partial charge in [0.1, 0.15) is 6.61 Å². The lowest BCUT2D eigenvalue weighted by molar-refractivity contribution is -0.178. The zero-order valence-electron chi connectivity index (χ0n) is 7.05. The maximum absolute atomic E-state index is 12.4. The van der Waals surface area contributed by atoms with Crippen molar-refractivity contribution in [1.29, 1.82) is 0 Å². The smallest absolute Gasteiger partial charge is 0.427 e. The van der Waals surface area contributed by atoms with Gasteiger partial charge in [0.2, 0.25) is 5.57 Å². The molecular weight excluding hydrogens is 233 g/mol. The van der Waals surface area contributed by atoms with Crippen molar-refractivity contribution in [3.8, 4) is 0 Å². The predicted octanol–water partition coefficient (Wildman–Crippen LogP) is 3.49. The fraction of sp³-hybridized carbons (Fsp3) is 0.429. The van der Waals surface area contributed by atoms with E-state index in [1.807, 2.05) is 0 Å². The molecule has 0 aromatic rings. The molecule has 0 bridgehead atoms. The van der Waals surface area contributed by atoms with Gasteiger partial charge < -0.3 is 4.74 Å². The van der Waals surface area contributed by atoms with E-state index in [0.29, 0.717) is 0 Å². The van der Waals surface area contributed by atoms with Gasteiger partial charge in [-0.1, -0.05) is 12.7 Å². The number of allylic oxidation sites excluding steroid dienone is 1. The summed E-state index contributed by atoms with van der Waals surface area (Å²) >= 11 is 0. The molecule has 0 aliphatic heterocycles. The van der Waals surface area contributed by atoms with Crippen molar-refractivity contribution in [2.45, 2.75) is 12.4 Å². The Morgan fingerprint density at radius 2 is 1.47 bits per heavy atom. The van der Waals surface area contributed by atoms with E-state index in [9.17, 15) is 30.7 Å². The molecule has 0 radical (unpaired) electrons. The van der Waals surface area contributed by atoms with Crippen molar-refractivity contribution in [3.63, 3.8) is 0 Å². The van der Waals surface area contributed by atoms with E-state index in [1.165, 1.54) is 0 Å². The van der Waals surface area contributed by atoms with E-state index >= 15 is 0 Å². The molecule has 0 saturated carbocycles. The summed E-state index contributed by atoms with van der Waals surface area (Å²) < 4.78 is 86.6. The first-order valence-corrected chi connectivity index (χ1v) is 3.38. The summed E-state index contributed by atoms with van der Waals surface area (Å²) in [5.41, 5.74) is -3.29. The third-order valence-corrected chi connectivity index (χ3v) is 1.09. The van der Waals surface area contributed by atoms with Crippen LogP contribution in [-0.4, -0.2) is 19.0 Å². The second-order valence-electron chi connectivity index (χ2n) is 2.24. The predicted molar refractivity (Wildman–Crippen MR) is 36.4 cm³/mol. The first-order valence-electron chi connectivity index (χ1n) is 3.38. The lowest BCUT2D eigenvalue weighted by atomic mass is 10.3. The van der Waals surface area contributed by atoms with Crippen LogP contribution in [-0.2, 0) is 4.74 Å². The molecule has 8 heteroatoms. The average molecular weight is 238 g/mol. The molecule has 0 aromatic heterocycles. The van der Waals surface area contributed by atoms with Gasteiger partial charge in [0.25, 0.3) is 6.01 Å². The summed E-state index contributed by atoms with van der Waals surface area (Å²) in [4.78, 5) is 0. The van der Waals surface area contributed by atoms with Gasteiger partial charge in [-0.3, -0.25) is 0 Å². The lowest BCUT2D eigenvalue weighted by Gasteiger charge is -2.15. The van der Waals surface area contributed by atoms with Crippen LogP contribution in [0.15, 0.2) is 24.2 Å². The molecule has 0 rings (SSSR count). The van der Waals surface area contributed by atoms with E-state index in [4.69, 9.17) is 0 Å². The van der Waals surface area contributed by atoms with Crippen molar-refractivity contribution in [2.24, 2.45) is 0 Å². The Morgan fingerprint density at radius 3 is 1.73 bits per heavy atom. The Labute approximate surface area is 79.8 Å². The van der Waals surface area contributed by atoms with Gasteiger partial charge in [-0.25, -0.2) is 0 Å². The molecule has 0 amide bonds. The summed E-state index contributed by atoms with van der Waals surface area (Å²) in [5, 5.41) is 0. The first-order chi connectivity index (χ1) is 6.60. The molecule has 15 heavy (non-hydrogen) atoms. The maximum Gasteiger partial charge on any atom is 0.427 e. The number of hydrogen-bond acceptors (Lipinski definition) is 1. The molecular formula is C7H5F7O. The quantitative estimate of drug-likeness (QED) is 0.415. The van der Waals surface area contributed by atoms with Crippen molar-refractivity contribution in [3.05, 3.63) is 24.2 Å². The minimum absolute atomic E-state index is 0.790. The molecule has 0 fully saturated rings. The molecule has 88 valence electrons. The van der Waals surface area contributed by atoms with Crippen LogP contribution in [0, 0.1) is 0 Å². The van der Waals surface area contributed by atoms with Crippen LogP contribution >= 0.6 is 0 Å². The van der Waals surface area contributed by atoms with Crippen LogP contribution in [0.2, 0.25) is 0 Å². The maximum atomic E-state index is 12.4. The number of ether oxygens (including phenoxy) is 1. The van der Waals surface area contributed by atoms with Gasteiger partial charge in [-0.2, -0.15) is 30.7 Å². The van der Waals surface area contributed by atoms with Crippen molar-refractivity contribution in [2.75, 3.05) is 6.61 Å². The average Bonchev–Trinajstić information content (AvgIpc) is 1.94.